The number of hydrogen-bond acceptors (Lipinski definition) is 8. The monoisotopic (exact) mass is 744 g/mol. The zero-order valence-electron chi connectivity index (χ0n) is 31.0. The zero-order chi connectivity index (χ0) is 38.7. The highest BCUT2D eigenvalue weighted by Gasteiger charge is 2.67. The number of aryl methyl sites for hydroxylation is 2. The first-order valence-corrected chi connectivity index (χ1v) is 18.2. The van der Waals surface area contributed by atoms with Gasteiger partial charge in [0, 0.05) is 60.7 Å². The summed E-state index contributed by atoms with van der Waals surface area (Å²) in [6.45, 7) is 7.11. The van der Waals surface area contributed by atoms with E-state index in [4.69, 9.17) is 0 Å². The highest BCUT2D eigenvalue weighted by Crippen LogP contribution is 2.60. The van der Waals surface area contributed by atoms with Gasteiger partial charge in [0.15, 0.2) is 5.78 Å². The minimum absolute atomic E-state index is 0.0302. The quantitative estimate of drug-likeness (QED) is 0.250. The molecule has 5 heterocycles. The molecule has 2 fully saturated rings. The lowest BCUT2D eigenvalue weighted by Gasteiger charge is -2.31. The molecule has 15 heteroatoms. The Bertz CT molecular complexity index is 2170. The number of carbonyl (C=O) groups is 4. The number of nitrogens with one attached hydrogen (secondary N) is 1. The fraction of sp³-hybridized carbons (Fsp3) is 0.487. The van der Waals surface area contributed by atoms with Gasteiger partial charge < -0.3 is 15.1 Å². The number of piperidine rings is 1. The Hall–Kier alpha value is -5.21. The third kappa shape index (κ3) is 6.95. The van der Waals surface area contributed by atoms with Crippen molar-refractivity contribution in [1.82, 2.24) is 34.5 Å². The number of aromatic nitrogens is 5. The van der Waals surface area contributed by atoms with E-state index in [9.17, 15) is 32.3 Å². The SMILES string of the molecule is CC(=O)c1nn2c3c(cc(-c4cnc(C)nc4)cc13)CCCCCC(C)(C)C(=O)N(C)C[C@@]13C[C@@H](C(=O)Nc4cccc(C(F)(F)F)n4)N(C(=O)C2)[C@@H]1C3. The summed E-state index contributed by atoms with van der Waals surface area (Å²) in [7, 11) is 1.74. The smallest absolute Gasteiger partial charge is 0.345 e. The molecular formula is C39H43F3N8O4. The van der Waals surface area contributed by atoms with Crippen LogP contribution in [0.2, 0.25) is 0 Å². The summed E-state index contributed by atoms with van der Waals surface area (Å²) in [5.74, 6) is -1.09. The summed E-state index contributed by atoms with van der Waals surface area (Å²) in [4.78, 5) is 70.9. The molecule has 0 spiro atoms. The van der Waals surface area contributed by atoms with Gasteiger partial charge in [-0.25, -0.2) is 15.0 Å². The molecule has 0 radical (unpaired) electrons. The van der Waals surface area contributed by atoms with Crippen LogP contribution in [0.15, 0.2) is 42.7 Å². The number of nitrogens with zero attached hydrogens (tertiary/aromatic N) is 7. The Morgan fingerprint density at radius 1 is 1.00 bits per heavy atom. The number of halogens is 3. The molecule has 12 nitrogen and oxygen atoms in total. The lowest BCUT2D eigenvalue weighted by molar-refractivity contribution is -0.141. The predicted molar refractivity (Wildman–Crippen MR) is 193 cm³/mol. The molecule has 3 aliphatic rings. The normalized spacial score (nSPS) is 23.3. The van der Waals surface area contributed by atoms with Gasteiger partial charge in [-0.1, -0.05) is 32.8 Å². The molecule has 3 amide bonds. The van der Waals surface area contributed by atoms with Crippen LogP contribution in [0.5, 0.6) is 0 Å². The number of Topliss-reactive ketones (excluding diaryl/α,β-unsaturated/α-hetero) is 1. The van der Waals surface area contributed by atoms with Crippen molar-refractivity contribution in [2.45, 2.75) is 97.4 Å². The molecule has 1 aliphatic carbocycles. The Morgan fingerprint density at radius 3 is 2.44 bits per heavy atom. The number of amides is 3. The molecule has 1 aromatic carbocycles. The van der Waals surface area contributed by atoms with Crippen LogP contribution in [0, 0.1) is 17.8 Å². The van der Waals surface area contributed by atoms with E-state index in [1.807, 2.05) is 26.0 Å². The molecule has 7 rings (SSSR count). The maximum absolute atomic E-state index is 14.5. The lowest BCUT2D eigenvalue weighted by Crippen LogP contribution is -2.47. The van der Waals surface area contributed by atoms with Crippen molar-refractivity contribution in [3.05, 3.63) is 65.5 Å². The molecule has 1 saturated carbocycles. The van der Waals surface area contributed by atoms with Crippen LogP contribution in [0.4, 0.5) is 19.0 Å². The van der Waals surface area contributed by atoms with Crippen molar-refractivity contribution in [1.29, 1.82) is 0 Å². The molecule has 54 heavy (non-hydrogen) atoms. The number of anilines is 1. The minimum Gasteiger partial charge on any atom is -0.345 e. The van der Waals surface area contributed by atoms with Gasteiger partial charge in [0.2, 0.25) is 17.7 Å². The zero-order valence-corrected chi connectivity index (χ0v) is 31.0. The van der Waals surface area contributed by atoms with Gasteiger partial charge in [-0.2, -0.15) is 18.3 Å². The van der Waals surface area contributed by atoms with Crippen LogP contribution in [0.3, 0.4) is 0 Å². The lowest BCUT2D eigenvalue weighted by atomic mass is 9.84. The molecule has 3 atom stereocenters. The van der Waals surface area contributed by atoms with Crippen LogP contribution < -0.4 is 5.32 Å². The second kappa shape index (κ2) is 13.6. The number of alkyl halides is 3. The van der Waals surface area contributed by atoms with E-state index in [1.54, 1.807) is 35.9 Å². The largest absolute Gasteiger partial charge is 0.433 e. The van der Waals surface area contributed by atoms with Gasteiger partial charge in [-0.15, -0.1) is 0 Å². The summed E-state index contributed by atoms with van der Waals surface area (Å²) >= 11 is 0. The van der Waals surface area contributed by atoms with Crippen LogP contribution >= 0.6 is 0 Å². The van der Waals surface area contributed by atoms with Crippen molar-refractivity contribution in [3.8, 4) is 11.1 Å². The average molecular weight is 745 g/mol. The summed E-state index contributed by atoms with van der Waals surface area (Å²) in [6.07, 6.45) is 3.19. The molecule has 4 aromatic rings. The van der Waals surface area contributed by atoms with Crippen molar-refractivity contribution >= 4 is 40.2 Å². The first kappa shape index (κ1) is 37.1. The summed E-state index contributed by atoms with van der Waals surface area (Å²) < 4.78 is 41.9. The topological polar surface area (TPSA) is 143 Å². The summed E-state index contributed by atoms with van der Waals surface area (Å²) in [5.41, 5.74) is 0.887. The fourth-order valence-corrected chi connectivity index (χ4v) is 8.43. The van der Waals surface area contributed by atoms with Crippen LogP contribution in [-0.2, 0) is 33.5 Å². The van der Waals surface area contributed by atoms with Crippen LogP contribution in [-0.4, -0.2) is 83.7 Å². The number of benzene rings is 1. The first-order valence-electron chi connectivity index (χ1n) is 18.2. The molecule has 3 aromatic heterocycles. The van der Waals surface area contributed by atoms with E-state index in [0.29, 0.717) is 42.5 Å². The number of pyridine rings is 1. The molecule has 2 bridgehead atoms. The maximum Gasteiger partial charge on any atom is 0.433 e. The molecule has 1 N–H and O–H groups in total. The molecule has 1 saturated heterocycles. The second-order valence-electron chi connectivity index (χ2n) is 15.7. The van der Waals surface area contributed by atoms with Gasteiger partial charge in [-0.3, -0.25) is 23.9 Å². The van der Waals surface area contributed by atoms with Crippen molar-refractivity contribution < 1.29 is 32.3 Å². The number of hydrogen-bond donors (Lipinski definition) is 1. The average Bonchev–Trinajstić information content (AvgIpc) is 3.50. The molecule has 2 aliphatic heterocycles. The summed E-state index contributed by atoms with van der Waals surface area (Å²) in [6, 6.07) is 5.66. The Labute approximate surface area is 310 Å². The van der Waals surface area contributed by atoms with Gasteiger partial charge in [0.05, 0.1) is 5.52 Å². The number of ketones is 1. The third-order valence-electron chi connectivity index (χ3n) is 11.2. The second-order valence-corrected chi connectivity index (χ2v) is 15.7. The van der Waals surface area contributed by atoms with Gasteiger partial charge >= 0.3 is 6.18 Å². The van der Waals surface area contributed by atoms with Crippen molar-refractivity contribution in [2.24, 2.45) is 10.8 Å². The predicted octanol–water partition coefficient (Wildman–Crippen LogP) is 6.02. The molecule has 284 valence electrons. The van der Waals surface area contributed by atoms with E-state index < -0.39 is 46.6 Å². The summed E-state index contributed by atoms with van der Waals surface area (Å²) in [5, 5.41) is 7.79. The number of carbonyl (C=O) groups excluding carboxylic acids is 4. The van der Waals surface area contributed by atoms with E-state index in [2.05, 4.69) is 25.4 Å². The van der Waals surface area contributed by atoms with Crippen molar-refractivity contribution in [2.75, 3.05) is 18.9 Å². The van der Waals surface area contributed by atoms with Crippen molar-refractivity contribution in [3.63, 3.8) is 0 Å². The Morgan fingerprint density at radius 2 is 1.74 bits per heavy atom. The Balaban J connectivity index is 1.30. The van der Waals surface area contributed by atoms with E-state index in [1.165, 1.54) is 17.9 Å². The third-order valence-corrected chi connectivity index (χ3v) is 11.2. The van der Waals surface area contributed by atoms with E-state index in [0.717, 1.165) is 48.1 Å². The standard InChI is InChI=1S/C39H43F3N8O4/c1-22(51)33-27-15-25(26-18-43-23(2)44-19-26)14-24-10-7-6-8-13-37(3,4)36(54)48(5)21-38-16-28(35(53)46-31-12-9-11-29(45-31)39(40,41)42)50(30(38)17-38)32(52)20-49(47-33)34(24)27/h9,11-12,14-15,18-19,28,30H,6-8,10,13,16-17,20-21H2,1-5H3,(H,45,46,53)/t28-,30+,38-/m0/s1. The highest BCUT2D eigenvalue weighted by atomic mass is 19.4. The van der Waals surface area contributed by atoms with Gasteiger partial charge in [-0.05, 0) is 74.4 Å². The van der Waals surface area contributed by atoms with Gasteiger partial charge in [0.25, 0.3) is 0 Å². The van der Waals surface area contributed by atoms with Gasteiger partial charge in [0.1, 0.15) is 35.6 Å². The minimum atomic E-state index is -4.72. The number of rotatable bonds is 4. The maximum atomic E-state index is 14.5. The van der Waals surface area contributed by atoms with Crippen LogP contribution in [0.1, 0.15) is 86.9 Å². The van der Waals surface area contributed by atoms with Crippen LogP contribution in [0.25, 0.3) is 22.0 Å². The first-order chi connectivity index (χ1) is 25.5. The highest BCUT2D eigenvalue weighted by molar-refractivity contribution is 6.07. The molecular weight excluding hydrogens is 701 g/mol. The Kier molecular flexibility index (Phi) is 9.33. The fourth-order valence-electron chi connectivity index (χ4n) is 8.43. The van der Waals surface area contributed by atoms with E-state index in [-0.39, 0.29) is 36.2 Å². The van der Waals surface area contributed by atoms with E-state index >= 15 is 0 Å². The molecule has 0 unspecified atom stereocenters.